The van der Waals surface area contributed by atoms with Crippen LogP contribution in [0.2, 0.25) is 15.1 Å². The molecule has 2 rings (SSSR count). The van der Waals surface area contributed by atoms with Gasteiger partial charge in [-0.1, -0.05) is 34.8 Å². The van der Waals surface area contributed by atoms with Crippen LogP contribution in [0.25, 0.3) is 11.1 Å². The zero-order valence-corrected chi connectivity index (χ0v) is 10.5. The summed E-state index contributed by atoms with van der Waals surface area (Å²) < 4.78 is 13.1. The smallest absolute Gasteiger partial charge is 0.255 e. The first-order chi connectivity index (χ1) is 8.02. The van der Waals surface area contributed by atoms with Gasteiger partial charge >= 0.3 is 0 Å². The van der Waals surface area contributed by atoms with Gasteiger partial charge in [-0.25, -0.2) is 4.98 Å². The Labute approximate surface area is 112 Å². The number of hydrogen-bond acceptors (Lipinski definition) is 2. The van der Waals surface area contributed by atoms with Crippen LogP contribution >= 0.6 is 34.8 Å². The Morgan fingerprint density at radius 3 is 2.41 bits per heavy atom. The highest BCUT2D eigenvalue weighted by Crippen LogP contribution is 2.42. The van der Waals surface area contributed by atoms with Crippen LogP contribution in [0.4, 0.5) is 4.39 Å². The quantitative estimate of drug-likeness (QED) is 0.617. The third-order valence-electron chi connectivity index (χ3n) is 2.19. The minimum atomic E-state index is -0.991. The standard InChI is InChI=1S/C11H5Cl3FNO/c12-6-1-2-7(13)9(14)8(6)5-3-4-16-11(15)10(5)17/h1-4,17H. The molecule has 1 aromatic heterocycles. The number of rotatable bonds is 1. The van der Waals surface area contributed by atoms with Crippen molar-refractivity contribution >= 4 is 34.8 Å². The predicted molar refractivity (Wildman–Crippen MR) is 66.3 cm³/mol. The molecule has 0 aliphatic heterocycles. The van der Waals surface area contributed by atoms with Gasteiger partial charge in [0.15, 0.2) is 5.75 Å². The Balaban J connectivity index is 2.77. The average Bonchev–Trinajstić information content (AvgIpc) is 2.30. The Morgan fingerprint density at radius 2 is 1.71 bits per heavy atom. The molecule has 0 unspecified atom stereocenters. The first-order valence-corrected chi connectivity index (χ1v) is 5.63. The Bertz CT molecular complexity index is 589. The van der Waals surface area contributed by atoms with Crippen LogP contribution in [0.1, 0.15) is 0 Å². The summed E-state index contributed by atoms with van der Waals surface area (Å²) in [7, 11) is 0. The maximum Gasteiger partial charge on any atom is 0.255 e. The highest BCUT2D eigenvalue weighted by Gasteiger charge is 2.17. The fourth-order valence-electron chi connectivity index (χ4n) is 1.40. The van der Waals surface area contributed by atoms with Crippen molar-refractivity contribution in [3.63, 3.8) is 0 Å². The van der Waals surface area contributed by atoms with E-state index in [9.17, 15) is 9.50 Å². The molecule has 17 heavy (non-hydrogen) atoms. The highest BCUT2D eigenvalue weighted by atomic mass is 35.5. The van der Waals surface area contributed by atoms with Gasteiger partial charge in [0.25, 0.3) is 5.95 Å². The average molecular weight is 293 g/mol. The molecule has 0 amide bonds. The molecule has 0 aliphatic carbocycles. The first-order valence-electron chi connectivity index (χ1n) is 4.49. The van der Waals surface area contributed by atoms with E-state index in [4.69, 9.17) is 34.8 Å². The lowest BCUT2D eigenvalue weighted by molar-refractivity contribution is 0.421. The van der Waals surface area contributed by atoms with Gasteiger partial charge in [-0.2, -0.15) is 4.39 Å². The number of aromatic nitrogens is 1. The fourth-order valence-corrected chi connectivity index (χ4v) is 2.14. The Morgan fingerprint density at radius 1 is 1.06 bits per heavy atom. The van der Waals surface area contributed by atoms with Crippen LogP contribution in [-0.2, 0) is 0 Å². The lowest BCUT2D eigenvalue weighted by Crippen LogP contribution is -1.89. The summed E-state index contributed by atoms with van der Waals surface area (Å²) in [6.07, 6.45) is 1.21. The molecule has 0 fully saturated rings. The van der Waals surface area contributed by atoms with Gasteiger partial charge in [0.05, 0.1) is 15.1 Å². The van der Waals surface area contributed by atoms with Crippen LogP contribution < -0.4 is 0 Å². The number of hydrogen-bond donors (Lipinski definition) is 1. The van der Waals surface area contributed by atoms with Crippen molar-refractivity contribution in [2.75, 3.05) is 0 Å². The number of nitrogens with zero attached hydrogens (tertiary/aromatic N) is 1. The minimum absolute atomic E-state index is 0.148. The fraction of sp³-hybridized carbons (Fsp3) is 0. The SMILES string of the molecule is Oc1c(-c2c(Cl)ccc(Cl)c2Cl)ccnc1F. The summed E-state index contributed by atoms with van der Waals surface area (Å²) in [6, 6.07) is 4.44. The lowest BCUT2D eigenvalue weighted by Gasteiger charge is -2.10. The topological polar surface area (TPSA) is 33.1 Å². The number of aromatic hydroxyl groups is 1. The van der Waals surface area contributed by atoms with E-state index < -0.39 is 11.7 Å². The molecule has 1 N–H and O–H groups in total. The zero-order valence-electron chi connectivity index (χ0n) is 8.22. The molecule has 88 valence electrons. The van der Waals surface area contributed by atoms with Crippen molar-refractivity contribution in [2.45, 2.75) is 0 Å². The Hall–Kier alpha value is -1.03. The lowest BCUT2D eigenvalue weighted by atomic mass is 10.1. The van der Waals surface area contributed by atoms with Gasteiger partial charge < -0.3 is 5.11 Å². The van der Waals surface area contributed by atoms with Crippen molar-refractivity contribution in [1.29, 1.82) is 0 Å². The molecular formula is C11H5Cl3FNO. The molecule has 0 saturated carbocycles. The van der Waals surface area contributed by atoms with E-state index in [-0.39, 0.29) is 26.2 Å². The van der Waals surface area contributed by atoms with Crippen LogP contribution in [0, 0.1) is 5.95 Å². The van der Waals surface area contributed by atoms with E-state index in [2.05, 4.69) is 4.98 Å². The summed E-state index contributed by atoms with van der Waals surface area (Å²) in [5.74, 6) is -1.60. The number of halogens is 4. The largest absolute Gasteiger partial charge is 0.503 e. The van der Waals surface area contributed by atoms with Gasteiger partial charge in [0.1, 0.15) is 0 Å². The molecule has 0 saturated heterocycles. The molecule has 0 atom stereocenters. The van der Waals surface area contributed by atoms with E-state index in [0.29, 0.717) is 0 Å². The van der Waals surface area contributed by atoms with Gasteiger partial charge in [-0.3, -0.25) is 0 Å². The van der Waals surface area contributed by atoms with Crippen molar-refractivity contribution < 1.29 is 9.50 Å². The van der Waals surface area contributed by atoms with Crippen molar-refractivity contribution in [2.24, 2.45) is 0 Å². The normalized spacial score (nSPS) is 10.6. The summed E-state index contributed by atoms with van der Waals surface area (Å²) in [4.78, 5) is 3.31. The predicted octanol–water partition coefficient (Wildman–Crippen LogP) is 4.55. The maximum absolute atomic E-state index is 13.1. The van der Waals surface area contributed by atoms with E-state index in [1.54, 1.807) is 0 Å². The molecular weight excluding hydrogens is 287 g/mol. The Kier molecular flexibility index (Phi) is 3.43. The van der Waals surface area contributed by atoms with Crippen LogP contribution in [-0.4, -0.2) is 10.1 Å². The van der Waals surface area contributed by atoms with Gasteiger partial charge in [-0.15, -0.1) is 0 Å². The summed E-state index contributed by atoms with van der Waals surface area (Å²) in [6.45, 7) is 0. The van der Waals surface area contributed by atoms with Crippen LogP contribution in [0.15, 0.2) is 24.4 Å². The van der Waals surface area contributed by atoms with Gasteiger partial charge in [-0.05, 0) is 18.2 Å². The van der Waals surface area contributed by atoms with Crippen molar-refractivity contribution in [3.05, 3.63) is 45.4 Å². The second-order valence-corrected chi connectivity index (χ2v) is 4.41. The summed E-state index contributed by atoms with van der Waals surface area (Å²) >= 11 is 17.8. The molecule has 1 aromatic carbocycles. The molecule has 0 spiro atoms. The molecule has 0 bridgehead atoms. The first kappa shape index (κ1) is 12.4. The number of benzene rings is 1. The van der Waals surface area contributed by atoms with Crippen LogP contribution in [0.3, 0.4) is 0 Å². The third-order valence-corrected chi connectivity index (χ3v) is 3.31. The van der Waals surface area contributed by atoms with E-state index in [0.717, 1.165) is 0 Å². The third kappa shape index (κ3) is 2.18. The second-order valence-electron chi connectivity index (χ2n) is 3.22. The second kappa shape index (κ2) is 4.69. The molecule has 0 radical (unpaired) electrons. The molecule has 0 aliphatic rings. The summed E-state index contributed by atoms with van der Waals surface area (Å²) in [5.41, 5.74) is 0.426. The zero-order chi connectivity index (χ0) is 12.6. The van der Waals surface area contributed by atoms with Gasteiger partial charge in [0.2, 0.25) is 0 Å². The monoisotopic (exact) mass is 291 g/mol. The summed E-state index contributed by atoms with van der Waals surface area (Å²) in [5, 5.41) is 10.3. The molecule has 2 aromatic rings. The highest BCUT2D eigenvalue weighted by molar-refractivity contribution is 6.46. The van der Waals surface area contributed by atoms with E-state index >= 15 is 0 Å². The molecule has 6 heteroatoms. The van der Waals surface area contributed by atoms with Crippen molar-refractivity contribution in [1.82, 2.24) is 4.98 Å². The van der Waals surface area contributed by atoms with Crippen molar-refractivity contribution in [3.8, 4) is 16.9 Å². The van der Waals surface area contributed by atoms with Gasteiger partial charge in [0, 0.05) is 17.3 Å². The molecule has 1 heterocycles. The minimum Gasteiger partial charge on any atom is -0.503 e. The molecule has 2 nitrogen and oxygen atoms in total. The maximum atomic E-state index is 13.1. The van der Waals surface area contributed by atoms with Crippen LogP contribution in [0.5, 0.6) is 5.75 Å². The van der Waals surface area contributed by atoms with E-state index in [1.807, 2.05) is 0 Å². The number of pyridine rings is 1. The van der Waals surface area contributed by atoms with E-state index in [1.165, 1.54) is 24.4 Å².